The SMILES string of the molecule is CC(C)C(NC(=O)C(CS)NC(=O)C(N)Cc1ccc(O)cc1)C(=O)NC(CS)C(=O)O. The molecule has 0 bridgehead atoms. The van der Waals surface area contributed by atoms with Crippen LogP contribution in [-0.4, -0.2) is 69.6 Å². The number of benzene rings is 1. The van der Waals surface area contributed by atoms with Gasteiger partial charge in [-0.25, -0.2) is 4.79 Å². The van der Waals surface area contributed by atoms with E-state index < -0.39 is 47.9 Å². The van der Waals surface area contributed by atoms with Crippen molar-refractivity contribution < 1.29 is 29.4 Å². The van der Waals surface area contributed by atoms with E-state index in [-0.39, 0.29) is 29.6 Å². The minimum atomic E-state index is -1.25. The van der Waals surface area contributed by atoms with Gasteiger partial charge in [-0.2, -0.15) is 25.3 Å². The molecule has 10 nitrogen and oxygen atoms in total. The van der Waals surface area contributed by atoms with Crippen LogP contribution < -0.4 is 21.7 Å². The Hall–Kier alpha value is -2.44. The van der Waals surface area contributed by atoms with Gasteiger partial charge in [-0.3, -0.25) is 14.4 Å². The first kappa shape index (κ1) is 27.6. The highest BCUT2D eigenvalue weighted by Crippen LogP contribution is 2.11. The van der Waals surface area contributed by atoms with Gasteiger partial charge in [0.2, 0.25) is 17.7 Å². The summed E-state index contributed by atoms with van der Waals surface area (Å²) in [5.41, 5.74) is 6.66. The Morgan fingerprint density at radius 1 is 0.906 bits per heavy atom. The van der Waals surface area contributed by atoms with Crippen LogP contribution in [0.1, 0.15) is 19.4 Å². The van der Waals surface area contributed by atoms with Crippen LogP contribution in [0.5, 0.6) is 5.75 Å². The molecule has 32 heavy (non-hydrogen) atoms. The number of hydrogen-bond donors (Lipinski definition) is 8. The Labute approximate surface area is 197 Å². The first-order chi connectivity index (χ1) is 15.0. The average molecular weight is 487 g/mol. The van der Waals surface area contributed by atoms with Crippen molar-refractivity contribution in [3.63, 3.8) is 0 Å². The van der Waals surface area contributed by atoms with E-state index in [1.54, 1.807) is 26.0 Å². The number of phenols is 1. The number of rotatable bonds is 12. The van der Waals surface area contributed by atoms with Crippen molar-refractivity contribution >= 4 is 48.9 Å². The van der Waals surface area contributed by atoms with Gasteiger partial charge in [0.1, 0.15) is 23.9 Å². The molecule has 0 heterocycles. The van der Waals surface area contributed by atoms with Crippen LogP contribution in [-0.2, 0) is 25.6 Å². The van der Waals surface area contributed by atoms with Crippen LogP contribution in [0.15, 0.2) is 24.3 Å². The number of aliphatic carboxylic acids is 1. The van der Waals surface area contributed by atoms with E-state index in [4.69, 9.17) is 10.8 Å². The van der Waals surface area contributed by atoms with Crippen molar-refractivity contribution in [3.8, 4) is 5.75 Å². The first-order valence-corrected chi connectivity index (χ1v) is 11.2. The van der Waals surface area contributed by atoms with Gasteiger partial charge in [0.15, 0.2) is 0 Å². The minimum Gasteiger partial charge on any atom is -0.508 e. The van der Waals surface area contributed by atoms with Gasteiger partial charge in [0.25, 0.3) is 0 Å². The second-order valence-corrected chi connectivity index (χ2v) is 8.26. The Morgan fingerprint density at radius 2 is 1.44 bits per heavy atom. The number of carbonyl (C=O) groups is 4. The zero-order chi connectivity index (χ0) is 24.4. The van der Waals surface area contributed by atoms with E-state index in [0.29, 0.717) is 0 Å². The zero-order valence-corrected chi connectivity index (χ0v) is 19.6. The third-order valence-corrected chi connectivity index (χ3v) is 5.32. The molecule has 0 saturated carbocycles. The number of amides is 3. The van der Waals surface area contributed by atoms with Crippen LogP contribution in [0.3, 0.4) is 0 Å². The lowest BCUT2D eigenvalue weighted by Crippen LogP contribution is -2.59. The minimum absolute atomic E-state index is 0.0513. The van der Waals surface area contributed by atoms with E-state index in [9.17, 15) is 24.3 Å². The Balaban J connectivity index is 2.77. The Kier molecular flexibility index (Phi) is 11.4. The molecule has 0 saturated heterocycles. The van der Waals surface area contributed by atoms with E-state index in [0.717, 1.165) is 5.56 Å². The second-order valence-electron chi connectivity index (χ2n) is 7.53. The summed E-state index contributed by atoms with van der Waals surface area (Å²) in [6.45, 7) is 3.37. The number of carboxylic acid groups (broad SMARTS) is 1. The standard InChI is InChI=1S/C20H30N4O6S2/c1-10(2)16(19(28)23-15(9-32)20(29)30)24-18(27)14(8-31)22-17(26)13(21)7-11-3-5-12(25)6-4-11/h3-6,10,13-16,25,31-32H,7-9,21H2,1-2H3,(H,22,26)(H,23,28)(H,24,27)(H,29,30). The molecule has 7 N–H and O–H groups in total. The lowest BCUT2D eigenvalue weighted by Gasteiger charge is -2.26. The summed E-state index contributed by atoms with van der Waals surface area (Å²) in [5, 5.41) is 25.8. The number of carboxylic acids is 1. The van der Waals surface area contributed by atoms with E-state index in [1.165, 1.54) is 12.1 Å². The van der Waals surface area contributed by atoms with Crippen molar-refractivity contribution in [3.05, 3.63) is 29.8 Å². The fourth-order valence-corrected chi connectivity index (χ4v) is 3.19. The summed E-state index contributed by atoms with van der Waals surface area (Å²) in [6.07, 6.45) is 0.185. The molecule has 0 aliphatic carbocycles. The summed E-state index contributed by atoms with van der Waals surface area (Å²) in [7, 11) is 0. The number of nitrogens with two attached hydrogens (primary N) is 1. The summed E-state index contributed by atoms with van der Waals surface area (Å²) in [4.78, 5) is 48.8. The number of thiol groups is 2. The zero-order valence-electron chi connectivity index (χ0n) is 17.8. The highest BCUT2D eigenvalue weighted by atomic mass is 32.1. The average Bonchev–Trinajstić information content (AvgIpc) is 2.74. The van der Waals surface area contributed by atoms with Crippen LogP contribution in [0.25, 0.3) is 0 Å². The van der Waals surface area contributed by atoms with Crippen LogP contribution >= 0.6 is 25.3 Å². The topological polar surface area (TPSA) is 171 Å². The number of carbonyl (C=O) groups excluding carboxylic acids is 3. The summed E-state index contributed by atoms with van der Waals surface area (Å²) < 4.78 is 0. The maximum atomic E-state index is 12.7. The molecule has 178 valence electrons. The lowest BCUT2D eigenvalue weighted by molar-refractivity contribution is -0.141. The molecule has 0 aliphatic heterocycles. The number of aromatic hydroxyl groups is 1. The molecule has 0 fully saturated rings. The monoisotopic (exact) mass is 486 g/mol. The first-order valence-electron chi connectivity index (χ1n) is 9.89. The predicted octanol–water partition coefficient (Wildman–Crippen LogP) is -0.683. The molecule has 1 rings (SSSR count). The van der Waals surface area contributed by atoms with Crippen molar-refractivity contribution in [1.29, 1.82) is 0 Å². The van der Waals surface area contributed by atoms with E-state index in [1.807, 2.05) is 0 Å². The molecule has 12 heteroatoms. The van der Waals surface area contributed by atoms with Crippen molar-refractivity contribution in [1.82, 2.24) is 16.0 Å². The fraction of sp³-hybridized carbons (Fsp3) is 0.500. The van der Waals surface area contributed by atoms with Gasteiger partial charge in [-0.1, -0.05) is 26.0 Å². The Bertz CT molecular complexity index is 806. The van der Waals surface area contributed by atoms with Gasteiger partial charge in [-0.15, -0.1) is 0 Å². The molecule has 0 spiro atoms. The molecule has 1 aromatic carbocycles. The van der Waals surface area contributed by atoms with Crippen molar-refractivity contribution in [2.24, 2.45) is 11.7 Å². The van der Waals surface area contributed by atoms with Crippen molar-refractivity contribution in [2.75, 3.05) is 11.5 Å². The molecule has 4 unspecified atom stereocenters. The number of hydrogen-bond acceptors (Lipinski definition) is 8. The van der Waals surface area contributed by atoms with Gasteiger partial charge < -0.3 is 31.9 Å². The molecule has 4 atom stereocenters. The van der Waals surface area contributed by atoms with Gasteiger partial charge >= 0.3 is 5.97 Å². The second kappa shape index (κ2) is 13.2. The molecule has 0 aliphatic rings. The summed E-state index contributed by atoms with van der Waals surface area (Å²) in [6, 6.07) is 1.96. The van der Waals surface area contributed by atoms with Gasteiger partial charge in [0.05, 0.1) is 6.04 Å². The van der Waals surface area contributed by atoms with Crippen LogP contribution in [0.4, 0.5) is 0 Å². The summed E-state index contributed by atoms with van der Waals surface area (Å²) >= 11 is 8.00. The molecular formula is C20H30N4O6S2. The van der Waals surface area contributed by atoms with Crippen LogP contribution in [0, 0.1) is 5.92 Å². The lowest BCUT2D eigenvalue weighted by atomic mass is 10.0. The fourth-order valence-electron chi connectivity index (χ4n) is 2.69. The highest BCUT2D eigenvalue weighted by Gasteiger charge is 2.31. The molecule has 1 aromatic rings. The van der Waals surface area contributed by atoms with Crippen molar-refractivity contribution in [2.45, 2.75) is 44.4 Å². The predicted molar refractivity (Wildman–Crippen MR) is 126 cm³/mol. The Morgan fingerprint density at radius 3 is 1.91 bits per heavy atom. The normalized spacial score (nSPS) is 14.7. The largest absolute Gasteiger partial charge is 0.508 e. The molecular weight excluding hydrogens is 456 g/mol. The molecule has 3 amide bonds. The van der Waals surface area contributed by atoms with E-state index in [2.05, 4.69) is 41.2 Å². The third kappa shape index (κ3) is 8.60. The number of nitrogens with one attached hydrogen (secondary N) is 3. The smallest absolute Gasteiger partial charge is 0.327 e. The molecule has 0 radical (unpaired) electrons. The van der Waals surface area contributed by atoms with Crippen LogP contribution in [0.2, 0.25) is 0 Å². The van der Waals surface area contributed by atoms with Gasteiger partial charge in [0, 0.05) is 11.5 Å². The van der Waals surface area contributed by atoms with E-state index >= 15 is 0 Å². The number of phenolic OH excluding ortho intramolecular Hbond substituents is 1. The highest BCUT2D eigenvalue weighted by molar-refractivity contribution is 7.80. The maximum Gasteiger partial charge on any atom is 0.327 e. The summed E-state index contributed by atoms with van der Waals surface area (Å²) in [5.74, 6) is -3.60. The quantitative estimate of drug-likeness (QED) is 0.181. The third-order valence-electron chi connectivity index (χ3n) is 4.59. The molecule has 0 aromatic heterocycles. The maximum absolute atomic E-state index is 12.7. The van der Waals surface area contributed by atoms with Gasteiger partial charge in [-0.05, 0) is 30.0 Å².